The monoisotopic (exact) mass is 576 g/mol. The van der Waals surface area contributed by atoms with Crippen molar-refractivity contribution in [1.29, 1.82) is 0 Å². The molecule has 0 bridgehead atoms. The van der Waals surface area contributed by atoms with E-state index < -0.39 is 69.9 Å². The smallest absolute Gasteiger partial charge is 0.439 e. The fourth-order valence-electron chi connectivity index (χ4n) is 3.38. The van der Waals surface area contributed by atoms with Gasteiger partial charge in [0.15, 0.2) is 39.1 Å². The van der Waals surface area contributed by atoms with E-state index in [1.807, 2.05) is 39.3 Å². The average Bonchev–Trinajstić information content (AvgIpc) is 2.46. The molecule has 0 heterocycles. The maximum atomic E-state index is 11.4. The van der Waals surface area contributed by atoms with Crippen molar-refractivity contribution in [3.05, 3.63) is 0 Å². The van der Waals surface area contributed by atoms with Crippen molar-refractivity contribution < 1.29 is 36.2 Å². The first-order valence-corrected chi connectivity index (χ1v) is 29.5. The molecule has 0 saturated carbocycles. The van der Waals surface area contributed by atoms with Crippen LogP contribution < -0.4 is 0 Å². The first kappa shape index (κ1) is 34.0. The molecule has 0 fully saturated rings. The molecule has 0 rings (SSSR count). The summed E-state index contributed by atoms with van der Waals surface area (Å²) >= 11 is 0. The highest BCUT2D eigenvalue weighted by atomic mass is 28.5. The predicted molar refractivity (Wildman–Crippen MR) is 150 cm³/mol. The van der Waals surface area contributed by atoms with E-state index in [1.165, 1.54) is 0 Å². The normalized spacial score (nSPS) is 17.4. The summed E-state index contributed by atoms with van der Waals surface area (Å²) in [5.41, 5.74) is 0. The van der Waals surface area contributed by atoms with Crippen molar-refractivity contribution in [1.82, 2.24) is 0 Å². The zero-order chi connectivity index (χ0) is 26.5. The lowest BCUT2D eigenvalue weighted by molar-refractivity contribution is -0.235. The highest BCUT2D eigenvalue weighted by molar-refractivity contribution is 6.85. The van der Waals surface area contributed by atoms with E-state index in [-0.39, 0.29) is 6.42 Å². The SMILES string of the molecule is C[Si](C)(C)O[SiH](CCCC(O)(O[Si](C)(O[Si](C)(C)C)O[Si](C)(C)C)C(O)CO)O[Si](C)(C)C. The van der Waals surface area contributed by atoms with Gasteiger partial charge in [-0.2, -0.15) is 0 Å². The van der Waals surface area contributed by atoms with Gasteiger partial charge >= 0.3 is 18.1 Å². The van der Waals surface area contributed by atoms with Gasteiger partial charge < -0.3 is 36.2 Å². The van der Waals surface area contributed by atoms with Crippen LogP contribution in [0.2, 0.25) is 91.2 Å². The average molecular weight is 577 g/mol. The van der Waals surface area contributed by atoms with Crippen LogP contribution in [0.4, 0.5) is 0 Å². The van der Waals surface area contributed by atoms with Gasteiger partial charge in [-0.25, -0.2) is 0 Å². The molecule has 2 atom stereocenters. The zero-order valence-electron chi connectivity index (χ0n) is 23.4. The molecule has 33 heavy (non-hydrogen) atoms. The van der Waals surface area contributed by atoms with Gasteiger partial charge in [-0.05, 0) is 91.0 Å². The molecule has 0 radical (unpaired) electrons. The van der Waals surface area contributed by atoms with Crippen molar-refractivity contribution in [3.8, 4) is 0 Å². The molecule has 8 nitrogen and oxygen atoms in total. The van der Waals surface area contributed by atoms with E-state index in [4.69, 9.17) is 20.9 Å². The Morgan fingerprint density at radius 2 is 1.12 bits per heavy atom. The van der Waals surface area contributed by atoms with E-state index in [9.17, 15) is 15.3 Å². The van der Waals surface area contributed by atoms with Gasteiger partial charge in [0.1, 0.15) is 6.10 Å². The summed E-state index contributed by atoms with van der Waals surface area (Å²) in [4.78, 5) is 0. The van der Waals surface area contributed by atoms with Crippen molar-refractivity contribution >= 4 is 51.4 Å². The van der Waals surface area contributed by atoms with Crippen LogP contribution in [-0.2, 0) is 20.9 Å². The number of aliphatic hydroxyl groups excluding tert-OH is 2. The molecule has 0 aliphatic heterocycles. The van der Waals surface area contributed by atoms with Crippen molar-refractivity contribution in [2.75, 3.05) is 6.61 Å². The molecule has 0 aromatic rings. The first-order chi connectivity index (χ1) is 14.4. The maximum Gasteiger partial charge on any atom is 0.478 e. The molecule has 0 saturated heterocycles. The molecule has 0 aliphatic carbocycles. The van der Waals surface area contributed by atoms with Gasteiger partial charge in [-0.3, -0.25) is 0 Å². The van der Waals surface area contributed by atoms with Crippen LogP contribution >= 0.6 is 0 Å². The minimum Gasteiger partial charge on any atom is -0.439 e. The van der Waals surface area contributed by atoms with Crippen LogP contribution in [-0.4, -0.2) is 85.2 Å². The minimum absolute atomic E-state index is 0.120. The summed E-state index contributed by atoms with van der Waals surface area (Å²) in [6, 6.07) is 0.681. The standard InChI is InChI=1S/C19H52O8Si6/c1-29(2,3)24-28(25-30(4,5)6)16-14-15-19(22,18(21)17-20)23-33(13,26-31(7,8)9)27-32(10,11)12/h18,20-22,28H,14-17H2,1-13H3. The van der Waals surface area contributed by atoms with Crippen LogP contribution in [0.25, 0.3) is 0 Å². The van der Waals surface area contributed by atoms with E-state index >= 15 is 0 Å². The Morgan fingerprint density at radius 1 is 0.727 bits per heavy atom. The number of hydrogen-bond donors (Lipinski definition) is 3. The van der Waals surface area contributed by atoms with Crippen LogP contribution in [0.15, 0.2) is 0 Å². The first-order valence-electron chi connectivity index (χ1n) is 11.9. The largest absolute Gasteiger partial charge is 0.478 e. The summed E-state index contributed by atoms with van der Waals surface area (Å²) in [5.74, 6) is -1.98. The third-order valence-corrected chi connectivity index (χ3v) is 21.2. The van der Waals surface area contributed by atoms with Gasteiger partial charge in [0.25, 0.3) is 0 Å². The molecule has 3 N–H and O–H groups in total. The van der Waals surface area contributed by atoms with Gasteiger partial charge in [0, 0.05) is 13.0 Å². The fourth-order valence-corrected chi connectivity index (χ4v) is 22.4. The minimum atomic E-state index is -3.32. The quantitative estimate of drug-likeness (QED) is 0.187. The van der Waals surface area contributed by atoms with Gasteiger partial charge in [-0.1, -0.05) is 0 Å². The molecule has 14 heteroatoms. The Bertz CT molecular complexity index is 553. The molecular formula is C19H52O8Si6. The maximum absolute atomic E-state index is 11.4. The Labute approximate surface area is 209 Å². The van der Waals surface area contributed by atoms with E-state index in [2.05, 4.69) is 39.3 Å². The van der Waals surface area contributed by atoms with Crippen LogP contribution in [0, 0.1) is 0 Å². The molecule has 0 amide bonds. The van der Waals surface area contributed by atoms with Crippen LogP contribution in [0.5, 0.6) is 0 Å². The number of rotatable bonds is 16. The Hall–Kier alpha value is 0.981. The third-order valence-electron chi connectivity index (χ3n) is 3.98. The molecule has 2 unspecified atom stereocenters. The predicted octanol–water partition coefficient (Wildman–Crippen LogP) is 4.02. The van der Waals surface area contributed by atoms with Gasteiger partial charge in [-0.15, -0.1) is 0 Å². The second-order valence-corrected chi connectivity index (χ2v) is 36.5. The zero-order valence-corrected chi connectivity index (χ0v) is 29.5. The topological polar surface area (TPSA) is 107 Å². The summed E-state index contributed by atoms with van der Waals surface area (Å²) < 4.78 is 31.6. The Kier molecular flexibility index (Phi) is 12.9. The number of hydrogen-bond acceptors (Lipinski definition) is 8. The van der Waals surface area contributed by atoms with Gasteiger partial charge in [0.05, 0.1) is 6.61 Å². The molecular weight excluding hydrogens is 525 g/mol. The Balaban J connectivity index is 5.67. The molecule has 0 aliphatic rings. The lowest BCUT2D eigenvalue weighted by Gasteiger charge is -2.43. The molecule has 0 aromatic carbocycles. The van der Waals surface area contributed by atoms with E-state index in [1.54, 1.807) is 6.55 Å². The second-order valence-electron chi connectivity index (χ2n) is 12.7. The summed E-state index contributed by atoms with van der Waals surface area (Å²) in [5, 5.41) is 31.6. The molecule has 0 spiro atoms. The van der Waals surface area contributed by atoms with E-state index in [0.717, 1.165) is 0 Å². The highest BCUT2D eigenvalue weighted by Crippen LogP contribution is 2.31. The van der Waals surface area contributed by atoms with Crippen molar-refractivity contribution in [2.24, 2.45) is 0 Å². The summed E-state index contributed by atoms with van der Waals surface area (Å²) in [7, 11) is -13.0. The highest BCUT2D eigenvalue weighted by Gasteiger charge is 2.51. The number of aliphatic hydroxyl groups is 3. The fraction of sp³-hybridized carbons (Fsp3) is 1.00. The molecule has 200 valence electrons. The van der Waals surface area contributed by atoms with Crippen molar-refractivity contribution in [2.45, 2.75) is 116 Å². The summed E-state index contributed by atoms with van der Waals surface area (Å²) in [6.45, 7) is 26.2. The second kappa shape index (κ2) is 12.5. The van der Waals surface area contributed by atoms with Crippen LogP contribution in [0.3, 0.4) is 0 Å². The Morgan fingerprint density at radius 3 is 1.42 bits per heavy atom. The lowest BCUT2D eigenvalue weighted by atomic mass is 10.1. The van der Waals surface area contributed by atoms with Crippen molar-refractivity contribution in [3.63, 3.8) is 0 Å². The van der Waals surface area contributed by atoms with Crippen LogP contribution in [0.1, 0.15) is 12.8 Å². The third kappa shape index (κ3) is 16.4. The lowest BCUT2D eigenvalue weighted by Crippen LogP contribution is -2.62. The van der Waals surface area contributed by atoms with Gasteiger partial charge in [0.2, 0.25) is 0 Å². The molecule has 0 aromatic heterocycles. The summed E-state index contributed by atoms with van der Waals surface area (Å²) in [6.07, 6.45) is -0.825. The van der Waals surface area contributed by atoms with E-state index in [0.29, 0.717) is 12.5 Å².